The van der Waals surface area contributed by atoms with E-state index in [-0.39, 0.29) is 0 Å². The van der Waals surface area contributed by atoms with E-state index in [0.717, 1.165) is 18.2 Å². The van der Waals surface area contributed by atoms with E-state index < -0.39 is 11.9 Å². The van der Waals surface area contributed by atoms with Crippen LogP contribution in [0.2, 0.25) is 0 Å². The summed E-state index contributed by atoms with van der Waals surface area (Å²) in [4.78, 5) is 4.14. The fourth-order valence-electron chi connectivity index (χ4n) is 2.38. The zero-order valence-corrected chi connectivity index (χ0v) is 12.0. The van der Waals surface area contributed by atoms with Gasteiger partial charge in [-0.2, -0.15) is 30.0 Å². The molecule has 1 fully saturated rings. The molecular weight excluding hydrogens is 301 g/mol. The van der Waals surface area contributed by atoms with Crippen molar-refractivity contribution in [3.05, 3.63) is 24.2 Å². The second kappa shape index (κ2) is 5.75. The number of hydrogen-bond donors (Lipinski definition) is 1. The van der Waals surface area contributed by atoms with Gasteiger partial charge < -0.3 is 5.32 Å². The molecule has 0 radical (unpaired) electrons. The van der Waals surface area contributed by atoms with Gasteiger partial charge in [-0.25, -0.2) is 9.50 Å². The van der Waals surface area contributed by atoms with Crippen molar-refractivity contribution < 1.29 is 13.2 Å². The monoisotopic (exact) mass is 316 g/mol. The fraction of sp³-hybridized carbons (Fsp3) is 0.538. The minimum Gasteiger partial charge on any atom is -0.367 e. The Morgan fingerprint density at radius 3 is 2.95 bits per heavy atom. The Labute approximate surface area is 124 Å². The van der Waals surface area contributed by atoms with E-state index in [1.54, 1.807) is 0 Å². The number of rotatable bonds is 3. The summed E-state index contributed by atoms with van der Waals surface area (Å²) >= 11 is 1.90. The molecule has 4 nitrogen and oxygen atoms in total. The maximum absolute atomic E-state index is 12.7. The maximum Gasteiger partial charge on any atom is 0.435 e. The van der Waals surface area contributed by atoms with Crippen LogP contribution in [0.15, 0.2) is 18.5 Å². The molecule has 8 heteroatoms. The van der Waals surface area contributed by atoms with Crippen molar-refractivity contribution in [3.63, 3.8) is 0 Å². The van der Waals surface area contributed by atoms with Crippen molar-refractivity contribution in [2.45, 2.75) is 30.7 Å². The third-order valence-corrected chi connectivity index (χ3v) is 4.85. The highest BCUT2D eigenvalue weighted by Crippen LogP contribution is 2.30. The molecule has 0 amide bonds. The lowest BCUT2D eigenvalue weighted by Crippen LogP contribution is -2.20. The van der Waals surface area contributed by atoms with E-state index >= 15 is 0 Å². The van der Waals surface area contributed by atoms with E-state index in [1.165, 1.54) is 29.8 Å². The van der Waals surface area contributed by atoms with Gasteiger partial charge in [0.15, 0.2) is 11.5 Å². The number of nitrogens with zero attached hydrogens (tertiary/aromatic N) is 3. The molecule has 0 bridgehead atoms. The minimum absolute atomic E-state index is 0.352. The van der Waals surface area contributed by atoms with Crippen LogP contribution in [0.5, 0.6) is 0 Å². The lowest BCUT2D eigenvalue weighted by Gasteiger charge is -2.21. The van der Waals surface area contributed by atoms with E-state index in [4.69, 9.17) is 0 Å². The summed E-state index contributed by atoms with van der Waals surface area (Å²) < 4.78 is 39.4. The molecule has 2 aromatic rings. The largest absolute Gasteiger partial charge is 0.435 e. The highest BCUT2D eigenvalue weighted by atomic mass is 32.2. The number of thioether (sulfide) groups is 1. The van der Waals surface area contributed by atoms with E-state index in [2.05, 4.69) is 15.4 Å². The van der Waals surface area contributed by atoms with Gasteiger partial charge >= 0.3 is 6.18 Å². The van der Waals surface area contributed by atoms with Crippen molar-refractivity contribution in [1.82, 2.24) is 14.6 Å². The Kier molecular flexibility index (Phi) is 3.97. The SMILES string of the molecule is FC(F)(F)c1cc2c(NCC3CCCCS3)nccn2n1. The summed E-state index contributed by atoms with van der Waals surface area (Å²) in [5.41, 5.74) is -0.545. The average molecular weight is 316 g/mol. The number of alkyl halides is 3. The summed E-state index contributed by atoms with van der Waals surface area (Å²) in [5.74, 6) is 1.60. The molecule has 3 heterocycles. The van der Waals surface area contributed by atoms with Crippen LogP contribution in [0.25, 0.3) is 5.52 Å². The summed E-state index contributed by atoms with van der Waals surface area (Å²) in [5, 5.41) is 7.20. The van der Waals surface area contributed by atoms with Gasteiger partial charge in [-0.1, -0.05) is 6.42 Å². The number of hydrogen-bond acceptors (Lipinski definition) is 4. The predicted octanol–water partition coefficient (Wildman–Crippen LogP) is 3.45. The molecule has 114 valence electrons. The van der Waals surface area contributed by atoms with Crippen LogP contribution >= 0.6 is 11.8 Å². The highest BCUT2D eigenvalue weighted by molar-refractivity contribution is 7.99. The first-order valence-electron chi connectivity index (χ1n) is 6.81. The van der Waals surface area contributed by atoms with Gasteiger partial charge in [0.25, 0.3) is 0 Å². The summed E-state index contributed by atoms with van der Waals surface area (Å²) in [6, 6.07) is 1.03. The standard InChI is InChI=1S/C13H15F3N4S/c14-13(15,16)11-7-10-12(17-4-5-20(10)19-11)18-8-9-3-1-2-6-21-9/h4-5,7,9H,1-3,6,8H2,(H,17,18). The Bertz CT molecular complexity index is 619. The van der Waals surface area contributed by atoms with Crippen LogP contribution in [-0.2, 0) is 6.18 Å². The van der Waals surface area contributed by atoms with Gasteiger partial charge in [-0.15, -0.1) is 0 Å². The Morgan fingerprint density at radius 1 is 1.38 bits per heavy atom. The third kappa shape index (κ3) is 3.25. The van der Waals surface area contributed by atoms with E-state index in [9.17, 15) is 13.2 Å². The molecule has 3 rings (SSSR count). The number of fused-ring (bicyclic) bond motifs is 1. The van der Waals surface area contributed by atoms with Crippen molar-refractivity contribution in [2.24, 2.45) is 0 Å². The van der Waals surface area contributed by atoms with Gasteiger partial charge in [0.2, 0.25) is 0 Å². The van der Waals surface area contributed by atoms with Gasteiger partial charge in [-0.3, -0.25) is 0 Å². The second-order valence-electron chi connectivity index (χ2n) is 5.00. The van der Waals surface area contributed by atoms with Gasteiger partial charge in [-0.05, 0) is 18.6 Å². The van der Waals surface area contributed by atoms with Crippen LogP contribution in [0.1, 0.15) is 25.0 Å². The van der Waals surface area contributed by atoms with E-state index in [1.807, 2.05) is 11.8 Å². The lowest BCUT2D eigenvalue weighted by atomic mass is 10.2. The predicted molar refractivity (Wildman–Crippen MR) is 76.6 cm³/mol. The Balaban J connectivity index is 1.79. The second-order valence-corrected chi connectivity index (χ2v) is 6.41. The minimum atomic E-state index is -4.44. The Hall–Kier alpha value is -1.44. The van der Waals surface area contributed by atoms with E-state index in [0.29, 0.717) is 23.1 Å². The smallest absolute Gasteiger partial charge is 0.367 e. The molecule has 1 aliphatic heterocycles. The zero-order valence-electron chi connectivity index (χ0n) is 11.2. The molecule has 1 aliphatic rings. The van der Waals surface area contributed by atoms with Crippen molar-refractivity contribution in [3.8, 4) is 0 Å². The van der Waals surface area contributed by atoms with Crippen molar-refractivity contribution >= 4 is 23.1 Å². The molecule has 21 heavy (non-hydrogen) atoms. The number of aromatic nitrogens is 3. The number of anilines is 1. The van der Waals surface area contributed by atoms with Crippen LogP contribution in [0.4, 0.5) is 19.0 Å². The lowest BCUT2D eigenvalue weighted by molar-refractivity contribution is -0.141. The third-order valence-electron chi connectivity index (χ3n) is 3.45. The van der Waals surface area contributed by atoms with Crippen molar-refractivity contribution in [1.29, 1.82) is 0 Å². The molecule has 0 aromatic carbocycles. The highest BCUT2D eigenvalue weighted by Gasteiger charge is 2.34. The summed E-state index contributed by atoms with van der Waals surface area (Å²) in [6.07, 6.45) is 2.02. The van der Waals surface area contributed by atoms with Crippen LogP contribution in [0, 0.1) is 0 Å². The molecule has 2 aromatic heterocycles. The quantitative estimate of drug-likeness (QED) is 0.942. The first-order valence-corrected chi connectivity index (χ1v) is 7.86. The summed E-state index contributed by atoms with van der Waals surface area (Å²) in [7, 11) is 0. The van der Waals surface area contributed by atoms with Gasteiger partial charge in [0.05, 0.1) is 0 Å². The molecule has 1 unspecified atom stereocenters. The topological polar surface area (TPSA) is 42.2 Å². The molecule has 0 spiro atoms. The fourth-order valence-corrected chi connectivity index (χ4v) is 3.61. The van der Waals surface area contributed by atoms with Gasteiger partial charge in [0.1, 0.15) is 5.52 Å². The number of halogens is 3. The van der Waals surface area contributed by atoms with Crippen LogP contribution < -0.4 is 5.32 Å². The molecule has 1 N–H and O–H groups in total. The molecule has 1 saturated heterocycles. The van der Waals surface area contributed by atoms with Gasteiger partial charge in [0, 0.05) is 30.3 Å². The molecule has 0 saturated carbocycles. The molecular formula is C13H15F3N4S. The van der Waals surface area contributed by atoms with Crippen molar-refractivity contribution in [2.75, 3.05) is 17.6 Å². The first-order chi connectivity index (χ1) is 10.0. The van der Waals surface area contributed by atoms with Crippen LogP contribution in [0.3, 0.4) is 0 Å². The zero-order chi connectivity index (χ0) is 14.9. The first kappa shape index (κ1) is 14.5. The normalized spacial score (nSPS) is 19.9. The molecule has 1 atom stereocenters. The maximum atomic E-state index is 12.7. The molecule has 0 aliphatic carbocycles. The summed E-state index contributed by atoms with van der Waals surface area (Å²) in [6.45, 7) is 0.712. The van der Waals surface area contributed by atoms with Crippen LogP contribution in [-0.4, -0.2) is 32.1 Å². The average Bonchev–Trinajstić information content (AvgIpc) is 2.91. The number of nitrogens with one attached hydrogen (secondary N) is 1. The Morgan fingerprint density at radius 2 is 2.24 bits per heavy atom.